The van der Waals surface area contributed by atoms with Gasteiger partial charge in [0.15, 0.2) is 0 Å². The Kier molecular flexibility index (Phi) is 10.6. The first-order valence-electron chi connectivity index (χ1n) is 13.5. The van der Waals surface area contributed by atoms with Gasteiger partial charge in [0.25, 0.3) is 0 Å². The number of benzene rings is 2. The minimum absolute atomic E-state index is 0.0285. The zero-order chi connectivity index (χ0) is 33.2. The van der Waals surface area contributed by atoms with Crippen LogP contribution in [0, 0.1) is 6.92 Å². The summed E-state index contributed by atoms with van der Waals surface area (Å²) in [5.74, 6) is 0. The Bertz CT molecular complexity index is 1470. The van der Waals surface area contributed by atoms with Crippen molar-refractivity contribution in [3.63, 3.8) is 0 Å². The van der Waals surface area contributed by atoms with Gasteiger partial charge < -0.3 is 4.74 Å². The lowest BCUT2D eigenvalue weighted by Gasteiger charge is -2.24. The summed E-state index contributed by atoms with van der Waals surface area (Å²) >= 11 is 6.34. The van der Waals surface area contributed by atoms with Crippen LogP contribution in [0.1, 0.15) is 50.3 Å². The average Bonchev–Trinajstić information content (AvgIpc) is 3.06. The molecule has 44 heavy (non-hydrogen) atoms. The fourth-order valence-corrected chi connectivity index (χ4v) is 5.10. The van der Waals surface area contributed by atoms with Crippen LogP contribution in [0.4, 0.5) is 44.3 Å². The van der Waals surface area contributed by atoms with E-state index in [0.717, 1.165) is 34.7 Å². The molecule has 2 aromatic rings. The summed E-state index contributed by atoms with van der Waals surface area (Å²) in [6.07, 6.45) is -16.7. The van der Waals surface area contributed by atoms with Crippen LogP contribution in [-0.2, 0) is 17.5 Å². The van der Waals surface area contributed by atoms with Gasteiger partial charge in [-0.2, -0.15) is 39.5 Å². The SMILES string of the molecule is CC.Cc1ccc(Cl)c(-c2ccc(C(F)(F)F)cc2CN2C(=O)OC(C3=CC(CC(F)(F)F)=CCC(C(F)(F)F)=C3)C2C)c1. The van der Waals surface area contributed by atoms with E-state index < -0.39 is 72.9 Å². The van der Waals surface area contributed by atoms with Crippen LogP contribution >= 0.6 is 11.6 Å². The van der Waals surface area contributed by atoms with E-state index in [1.807, 2.05) is 13.8 Å². The van der Waals surface area contributed by atoms with Gasteiger partial charge in [-0.3, -0.25) is 4.90 Å². The summed E-state index contributed by atoms with van der Waals surface area (Å²) in [6.45, 7) is 6.69. The molecule has 0 saturated carbocycles. The highest BCUT2D eigenvalue weighted by molar-refractivity contribution is 6.33. The molecule has 3 nitrogen and oxygen atoms in total. The minimum Gasteiger partial charge on any atom is -0.439 e. The number of allylic oxidation sites excluding steroid dienone is 4. The Morgan fingerprint density at radius 1 is 0.909 bits per heavy atom. The molecule has 13 heteroatoms. The van der Waals surface area contributed by atoms with Crippen molar-refractivity contribution in [1.82, 2.24) is 4.90 Å². The highest BCUT2D eigenvalue weighted by Crippen LogP contribution is 2.40. The summed E-state index contributed by atoms with van der Waals surface area (Å²) in [7, 11) is 0. The number of alkyl halides is 9. The molecule has 2 aliphatic rings. The van der Waals surface area contributed by atoms with Crippen LogP contribution < -0.4 is 0 Å². The number of ether oxygens (including phenoxy) is 1. The van der Waals surface area contributed by atoms with Gasteiger partial charge in [0.1, 0.15) is 6.10 Å². The third kappa shape index (κ3) is 8.40. The molecule has 1 fully saturated rings. The predicted molar refractivity (Wildman–Crippen MR) is 149 cm³/mol. The van der Waals surface area contributed by atoms with E-state index >= 15 is 0 Å². The molecule has 0 spiro atoms. The zero-order valence-electron chi connectivity index (χ0n) is 24.0. The molecule has 1 saturated heterocycles. The number of cyclic esters (lactones) is 1. The normalized spacial score (nSPS) is 19.4. The number of halogens is 10. The molecule has 0 N–H and O–H groups in total. The number of carbonyl (C=O) groups is 1. The lowest BCUT2D eigenvalue weighted by molar-refractivity contribution is -0.137. The molecule has 0 aromatic heterocycles. The van der Waals surface area contributed by atoms with Crippen LogP contribution in [0.25, 0.3) is 11.1 Å². The van der Waals surface area contributed by atoms with Crippen LogP contribution in [0.3, 0.4) is 0 Å². The number of rotatable bonds is 5. The maximum absolute atomic E-state index is 13.6. The Morgan fingerprint density at radius 3 is 2.16 bits per heavy atom. The number of hydrogen-bond acceptors (Lipinski definition) is 2. The highest BCUT2D eigenvalue weighted by atomic mass is 35.5. The molecule has 1 amide bonds. The summed E-state index contributed by atoms with van der Waals surface area (Å²) in [5.41, 5.74) is -1.44. The van der Waals surface area contributed by atoms with Gasteiger partial charge in [-0.1, -0.05) is 55.3 Å². The van der Waals surface area contributed by atoms with Crippen LogP contribution in [-0.4, -0.2) is 35.5 Å². The second-order valence-corrected chi connectivity index (χ2v) is 10.5. The number of amides is 1. The van der Waals surface area contributed by atoms with Gasteiger partial charge in [0, 0.05) is 16.2 Å². The Hall–Kier alpha value is -3.41. The van der Waals surface area contributed by atoms with E-state index in [-0.39, 0.29) is 21.7 Å². The smallest absolute Gasteiger partial charge is 0.416 e. The lowest BCUT2D eigenvalue weighted by atomic mass is 9.94. The van der Waals surface area contributed by atoms with Crippen molar-refractivity contribution in [2.75, 3.05) is 0 Å². The van der Waals surface area contributed by atoms with Crippen molar-refractivity contribution in [3.8, 4) is 11.1 Å². The van der Waals surface area contributed by atoms with Gasteiger partial charge in [0.2, 0.25) is 0 Å². The molecule has 1 aliphatic heterocycles. The molecular weight excluding hydrogens is 625 g/mol. The topological polar surface area (TPSA) is 29.5 Å². The molecule has 4 rings (SSSR count). The van der Waals surface area contributed by atoms with Gasteiger partial charge in [-0.15, -0.1) is 0 Å². The third-order valence-corrected chi connectivity index (χ3v) is 7.28. The van der Waals surface area contributed by atoms with Gasteiger partial charge in [-0.05, 0) is 72.9 Å². The average molecular weight is 654 g/mol. The maximum Gasteiger partial charge on any atom is 0.416 e. The Balaban J connectivity index is 0.00000259. The van der Waals surface area contributed by atoms with Gasteiger partial charge in [0.05, 0.1) is 24.6 Å². The number of nitrogens with zero attached hydrogens (tertiary/aromatic N) is 1. The van der Waals surface area contributed by atoms with E-state index in [1.54, 1.807) is 25.1 Å². The quantitative estimate of drug-likeness (QED) is 0.301. The summed E-state index contributed by atoms with van der Waals surface area (Å²) in [4.78, 5) is 14.0. The molecule has 0 bridgehead atoms. The Morgan fingerprint density at radius 2 is 1.57 bits per heavy atom. The first-order chi connectivity index (χ1) is 20.3. The summed E-state index contributed by atoms with van der Waals surface area (Å²) in [5, 5.41) is 0.231. The molecule has 2 atom stereocenters. The Labute approximate surface area is 253 Å². The number of hydrogen-bond donors (Lipinski definition) is 0. The first kappa shape index (κ1) is 35.1. The van der Waals surface area contributed by atoms with E-state index in [4.69, 9.17) is 16.3 Å². The molecule has 1 heterocycles. The summed E-state index contributed by atoms with van der Waals surface area (Å²) in [6, 6.07) is 6.77. The van der Waals surface area contributed by atoms with Crippen molar-refractivity contribution < 1.29 is 49.0 Å². The van der Waals surface area contributed by atoms with Crippen LogP contribution in [0.5, 0.6) is 0 Å². The molecule has 0 radical (unpaired) electrons. The third-order valence-electron chi connectivity index (χ3n) is 6.95. The first-order valence-corrected chi connectivity index (χ1v) is 13.9. The zero-order valence-corrected chi connectivity index (χ0v) is 24.8. The molecular formula is C31H29ClF9NO2. The fourth-order valence-electron chi connectivity index (χ4n) is 4.88. The van der Waals surface area contributed by atoms with Crippen molar-refractivity contribution in [2.24, 2.45) is 0 Å². The molecule has 1 aliphatic carbocycles. The molecule has 2 aromatic carbocycles. The predicted octanol–water partition coefficient (Wildman–Crippen LogP) is 10.8. The standard InChI is InChI=1S/C29H23ClF9NO2.C2H6/c1-15-3-8-24(30)23(9-15)22-7-6-21(29(37,38)39)12-19(22)14-40-16(2)25(42-26(40)41)18-10-17(13-27(31,32)33)4-5-20(11-18)28(34,35)36;1-2/h3-4,6-12,16,25H,5,13-14H2,1-2H3;1-2H3. The molecule has 2 unspecified atom stereocenters. The fraction of sp³-hybridized carbons (Fsp3) is 0.387. The van der Waals surface area contributed by atoms with E-state index in [1.165, 1.54) is 13.0 Å². The van der Waals surface area contributed by atoms with E-state index in [0.29, 0.717) is 11.6 Å². The van der Waals surface area contributed by atoms with Crippen molar-refractivity contribution in [1.29, 1.82) is 0 Å². The van der Waals surface area contributed by atoms with Gasteiger partial charge in [-0.25, -0.2) is 4.79 Å². The van der Waals surface area contributed by atoms with E-state index in [2.05, 4.69) is 0 Å². The second kappa shape index (κ2) is 13.3. The van der Waals surface area contributed by atoms with E-state index in [9.17, 15) is 44.3 Å². The van der Waals surface area contributed by atoms with Crippen LogP contribution in [0.2, 0.25) is 5.02 Å². The molecule has 240 valence electrons. The maximum atomic E-state index is 13.6. The number of carbonyl (C=O) groups excluding carboxylic acids is 1. The van der Waals surface area contributed by atoms with Crippen molar-refractivity contribution >= 4 is 17.7 Å². The van der Waals surface area contributed by atoms with Gasteiger partial charge >= 0.3 is 24.6 Å². The second-order valence-electron chi connectivity index (χ2n) is 10.1. The minimum atomic E-state index is -4.87. The van der Waals surface area contributed by atoms with Crippen molar-refractivity contribution in [3.05, 3.63) is 93.1 Å². The number of aryl methyl sites for hydroxylation is 1. The van der Waals surface area contributed by atoms with Crippen molar-refractivity contribution in [2.45, 2.75) is 77.8 Å². The van der Waals surface area contributed by atoms with Crippen LogP contribution in [0.15, 0.2) is 71.3 Å². The largest absolute Gasteiger partial charge is 0.439 e. The summed E-state index contributed by atoms with van der Waals surface area (Å²) < 4.78 is 126. The lowest BCUT2D eigenvalue weighted by Crippen LogP contribution is -2.34. The highest BCUT2D eigenvalue weighted by Gasteiger charge is 2.43. The monoisotopic (exact) mass is 653 g/mol.